The van der Waals surface area contributed by atoms with Gasteiger partial charge in [-0.05, 0) is 62.1 Å². The lowest BCUT2D eigenvalue weighted by atomic mass is 10.0. The van der Waals surface area contributed by atoms with Crippen molar-refractivity contribution < 1.29 is 13.9 Å². The molecule has 1 aliphatic rings. The highest BCUT2D eigenvalue weighted by Crippen LogP contribution is 2.30. The van der Waals surface area contributed by atoms with Crippen LogP contribution in [0.3, 0.4) is 0 Å². The van der Waals surface area contributed by atoms with Crippen LogP contribution in [0.4, 0.5) is 4.39 Å². The number of halogens is 1. The Hall–Kier alpha value is -2.87. The summed E-state index contributed by atoms with van der Waals surface area (Å²) in [5.74, 6) is 1.72. The van der Waals surface area contributed by atoms with Crippen molar-refractivity contribution in [1.82, 2.24) is 19.7 Å². The van der Waals surface area contributed by atoms with E-state index in [1.165, 1.54) is 17.8 Å². The van der Waals surface area contributed by atoms with Gasteiger partial charge in [-0.15, -0.1) is 10.2 Å². The van der Waals surface area contributed by atoms with Crippen molar-refractivity contribution in [3.8, 4) is 22.8 Å². The number of para-hydroxylation sites is 1. The monoisotopic (exact) mass is 454 g/mol. The maximum Gasteiger partial charge on any atom is 0.233 e. The molecule has 168 valence electrons. The van der Waals surface area contributed by atoms with Crippen LogP contribution in [0.25, 0.3) is 17.1 Å². The average molecular weight is 455 g/mol. The second-order valence-corrected chi connectivity index (χ2v) is 8.87. The van der Waals surface area contributed by atoms with E-state index in [-0.39, 0.29) is 17.5 Å². The van der Waals surface area contributed by atoms with Crippen molar-refractivity contribution >= 4 is 17.7 Å². The van der Waals surface area contributed by atoms with E-state index in [4.69, 9.17) is 4.74 Å². The zero-order valence-corrected chi connectivity index (χ0v) is 19.1. The molecule has 1 atom stereocenters. The minimum Gasteiger partial charge on any atom is -0.494 e. The molecule has 1 unspecified atom stereocenters. The number of hydrogen-bond acceptors (Lipinski definition) is 5. The summed E-state index contributed by atoms with van der Waals surface area (Å²) >= 11 is 1.29. The van der Waals surface area contributed by atoms with Gasteiger partial charge in [-0.25, -0.2) is 4.39 Å². The summed E-state index contributed by atoms with van der Waals surface area (Å²) in [4.78, 5) is 14.7. The Morgan fingerprint density at radius 3 is 2.69 bits per heavy atom. The van der Waals surface area contributed by atoms with Crippen molar-refractivity contribution in [2.24, 2.45) is 5.92 Å². The van der Waals surface area contributed by atoms with Crippen LogP contribution in [0.1, 0.15) is 26.7 Å². The fourth-order valence-corrected chi connectivity index (χ4v) is 4.75. The molecule has 2 aromatic carbocycles. The summed E-state index contributed by atoms with van der Waals surface area (Å²) in [6.45, 7) is 6.26. The van der Waals surface area contributed by atoms with Gasteiger partial charge in [0.25, 0.3) is 0 Å². The lowest BCUT2D eigenvalue weighted by molar-refractivity contribution is -0.130. The number of hydrogen-bond donors (Lipinski definition) is 0. The maximum absolute atomic E-state index is 14.7. The third kappa shape index (κ3) is 4.96. The van der Waals surface area contributed by atoms with E-state index in [0.29, 0.717) is 29.2 Å². The Labute approximate surface area is 191 Å². The molecular weight excluding hydrogens is 427 g/mol. The van der Waals surface area contributed by atoms with Crippen LogP contribution < -0.4 is 4.74 Å². The summed E-state index contributed by atoms with van der Waals surface area (Å²) in [5.41, 5.74) is 1.13. The molecule has 8 heteroatoms. The molecule has 0 saturated carbocycles. The highest BCUT2D eigenvalue weighted by Gasteiger charge is 2.23. The molecular formula is C24H27FN4O2S. The smallest absolute Gasteiger partial charge is 0.233 e. The van der Waals surface area contributed by atoms with Crippen LogP contribution in [0.5, 0.6) is 5.75 Å². The van der Waals surface area contributed by atoms with Crippen molar-refractivity contribution in [3.05, 3.63) is 54.3 Å². The van der Waals surface area contributed by atoms with Gasteiger partial charge in [0.05, 0.1) is 18.0 Å². The molecule has 0 aliphatic carbocycles. The van der Waals surface area contributed by atoms with E-state index in [1.54, 1.807) is 22.8 Å². The third-order valence-electron chi connectivity index (χ3n) is 5.48. The summed E-state index contributed by atoms with van der Waals surface area (Å²) in [6.07, 6.45) is 2.19. The van der Waals surface area contributed by atoms with Gasteiger partial charge in [0.15, 0.2) is 11.0 Å². The third-order valence-corrected chi connectivity index (χ3v) is 6.40. The van der Waals surface area contributed by atoms with Gasteiger partial charge in [0, 0.05) is 18.7 Å². The first kappa shape index (κ1) is 22.3. The maximum atomic E-state index is 14.7. The first-order valence-electron chi connectivity index (χ1n) is 10.9. The quantitative estimate of drug-likeness (QED) is 0.479. The van der Waals surface area contributed by atoms with Gasteiger partial charge in [0.1, 0.15) is 11.6 Å². The number of thioether (sulfide) groups is 1. The molecule has 4 rings (SSSR count). The van der Waals surface area contributed by atoms with Gasteiger partial charge in [0.2, 0.25) is 5.91 Å². The second-order valence-electron chi connectivity index (χ2n) is 7.93. The number of carbonyl (C=O) groups excluding carboxylic acids is 1. The lowest BCUT2D eigenvalue weighted by Gasteiger charge is -2.30. The topological polar surface area (TPSA) is 60.3 Å². The molecule has 1 amide bonds. The molecule has 1 aliphatic heterocycles. The zero-order chi connectivity index (χ0) is 22.5. The van der Waals surface area contributed by atoms with Gasteiger partial charge >= 0.3 is 0 Å². The van der Waals surface area contributed by atoms with Crippen LogP contribution in [0.15, 0.2) is 53.7 Å². The predicted molar refractivity (Wildman–Crippen MR) is 124 cm³/mol. The number of benzene rings is 2. The summed E-state index contributed by atoms with van der Waals surface area (Å²) in [7, 11) is 0. The normalized spacial score (nSPS) is 16.2. The Balaban J connectivity index is 1.62. The highest BCUT2D eigenvalue weighted by atomic mass is 32.2. The van der Waals surface area contributed by atoms with Crippen LogP contribution in [-0.2, 0) is 4.79 Å². The van der Waals surface area contributed by atoms with Gasteiger partial charge in [-0.1, -0.05) is 30.8 Å². The lowest BCUT2D eigenvalue weighted by Crippen LogP contribution is -2.40. The Kier molecular flexibility index (Phi) is 7.09. The van der Waals surface area contributed by atoms with Crippen molar-refractivity contribution in [3.63, 3.8) is 0 Å². The number of likely N-dealkylation sites (tertiary alicyclic amines) is 1. The molecule has 0 radical (unpaired) electrons. The predicted octanol–water partition coefficient (Wildman–Crippen LogP) is 4.82. The molecule has 0 spiro atoms. The van der Waals surface area contributed by atoms with Gasteiger partial charge in [-0.3, -0.25) is 9.36 Å². The summed E-state index contributed by atoms with van der Waals surface area (Å²) < 4.78 is 21.9. The minimum atomic E-state index is -0.377. The van der Waals surface area contributed by atoms with E-state index in [0.717, 1.165) is 37.2 Å². The molecule has 6 nitrogen and oxygen atoms in total. The van der Waals surface area contributed by atoms with Gasteiger partial charge in [-0.2, -0.15) is 0 Å². The minimum absolute atomic E-state index is 0.0762. The zero-order valence-electron chi connectivity index (χ0n) is 18.3. The number of amides is 1. The van der Waals surface area contributed by atoms with E-state index in [1.807, 2.05) is 36.1 Å². The fourth-order valence-electron chi connectivity index (χ4n) is 3.90. The van der Waals surface area contributed by atoms with Crippen molar-refractivity contribution in [2.75, 3.05) is 25.4 Å². The van der Waals surface area contributed by atoms with Crippen LogP contribution >= 0.6 is 11.8 Å². The first-order chi connectivity index (χ1) is 15.6. The number of rotatable bonds is 7. The molecule has 3 aromatic rings. The molecule has 1 fully saturated rings. The van der Waals surface area contributed by atoms with Crippen molar-refractivity contribution in [1.29, 1.82) is 0 Å². The van der Waals surface area contributed by atoms with Crippen LogP contribution in [0.2, 0.25) is 0 Å². The Morgan fingerprint density at radius 1 is 1.19 bits per heavy atom. The van der Waals surface area contributed by atoms with E-state index in [9.17, 15) is 9.18 Å². The Bertz CT molecular complexity index is 1070. The summed E-state index contributed by atoms with van der Waals surface area (Å²) in [5, 5.41) is 9.13. The molecule has 0 N–H and O–H groups in total. The largest absolute Gasteiger partial charge is 0.494 e. The second kappa shape index (κ2) is 10.2. The molecule has 1 saturated heterocycles. The van der Waals surface area contributed by atoms with Gasteiger partial charge < -0.3 is 9.64 Å². The summed E-state index contributed by atoms with van der Waals surface area (Å²) in [6, 6.07) is 14.0. The molecule has 1 aromatic heterocycles. The Morgan fingerprint density at radius 2 is 1.97 bits per heavy atom. The number of piperidine rings is 1. The molecule has 0 bridgehead atoms. The van der Waals surface area contributed by atoms with E-state index >= 15 is 0 Å². The number of nitrogens with zero attached hydrogens (tertiary/aromatic N) is 4. The number of carbonyl (C=O) groups is 1. The van der Waals surface area contributed by atoms with Crippen LogP contribution in [-0.4, -0.2) is 51.0 Å². The van der Waals surface area contributed by atoms with Crippen molar-refractivity contribution in [2.45, 2.75) is 31.8 Å². The fraction of sp³-hybridized carbons (Fsp3) is 0.375. The van der Waals surface area contributed by atoms with Crippen LogP contribution in [0, 0.1) is 11.7 Å². The van der Waals surface area contributed by atoms with E-state index < -0.39 is 0 Å². The average Bonchev–Trinajstić information content (AvgIpc) is 3.22. The highest BCUT2D eigenvalue weighted by molar-refractivity contribution is 7.99. The number of ether oxygens (including phenoxy) is 1. The number of aromatic nitrogens is 3. The molecule has 32 heavy (non-hydrogen) atoms. The SMILES string of the molecule is CCOc1ccc(-c2nnc(SCC(=O)N3CCCC(C)C3)n2-c2ccccc2F)cc1. The standard InChI is InChI=1S/C24H27FN4O2S/c1-3-31-19-12-10-18(11-13-19)23-26-27-24(29(23)21-9-5-4-8-20(21)25)32-16-22(30)28-14-6-7-17(2)15-28/h4-5,8-13,17H,3,6-7,14-16H2,1-2H3. The first-order valence-corrected chi connectivity index (χ1v) is 11.9. The molecule has 2 heterocycles. The van der Waals surface area contributed by atoms with E-state index in [2.05, 4.69) is 17.1 Å².